The van der Waals surface area contributed by atoms with Gasteiger partial charge < -0.3 is 10.4 Å². The Balaban J connectivity index is 1.98. The molecule has 2 aromatic rings. The van der Waals surface area contributed by atoms with Crippen molar-refractivity contribution in [2.24, 2.45) is 0 Å². The minimum atomic E-state index is -0.932. The standard InChI is InChI=1S/C13H10N2O2S/c14-7-11-5-6-12(18-11)8-15-10-3-1-9(2-4-10)13(16)17/h1-6,15H,8H2,(H,16,17). The third-order valence-electron chi connectivity index (χ3n) is 2.37. The Kier molecular flexibility index (Phi) is 3.60. The summed E-state index contributed by atoms with van der Waals surface area (Å²) in [6.07, 6.45) is 0. The molecular formula is C13H10N2O2S. The fourth-order valence-electron chi connectivity index (χ4n) is 1.45. The third-order valence-corrected chi connectivity index (χ3v) is 3.36. The summed E-state index contributed by atoms with van der Waals surface area (Å²) in [4.78, 5) is 12.4. The van der Waals surface area contributed by atoms with Crippen molar-refractivity contribution in [2.75, 3.05) is 5.32 Å². The number of rotatable bonds is 4. The molecule has 4 nitrogen and oxygen atoms in total. The highest BCUT2D eigenvalue weighted by Gasteiger charge is 2.02. The number of carboxylic acids is 1. The number of thiophene rings is 1. The summed E-state index contributed by atoms with van der Waals surface area (Å²) < 4.78 is 0. The predicted molar refractivity (Wildman–Crippen MR) is 69.8 cm³/mol. The molecule has 0 fully saturated rings. The normalized spacial score (nSPS) is 9.72. The van der Waals surface area contributed by atoms with Crippen LogP contribution in [0.15, 0.2) is 36.4 Å². The average Bonchev–Trinajstić information content (AvgIpc) is 2.85. The van der Waals surface area contributed by atoms with E-state index < -0.39 is 5.97 Å². The Morgan fingerprint density at radius 2 is 2.00 bits per heavy atom. The molecule has 0 saturated heterocycles. The lowest BCUT2D eigenvalue weighted by Crippen LogP contribution is -1.99. The van der Waals surface area contributed by atoms with E-state index in [1.807, 2.05) is 6.07 Å². The maximum absolute atomic E-state index is 10.7. The van der Waals surface area contributed by atoms with Crippen LogP contribution in [0.4, 0.5) is 5.69 Å². The van der Waals surface area contributed by atoms with E-state index in [1.165, 1.54) is 11.3 Å². The van der Waals surface area contributed by atoms with Crippen LogP contribution in [0.3, 0.4) is 0 Å². The number of nitrogens with zero attached hydrogens (tertiary/aromatic N) is 1. The van der Waals surface area contributed by atoms with Crippen LogP contribution in [0, 0.1) is 11.3 Å². The van der Waals surface area contributed by atoms with Gasteiger partial charge in [-0.2, -0.15) is 5.26 Å². The van der Waals surface area contributed by atoms with Crippen molar-refractivity contribution < 1.29 is 9.90 Å². The second-order valence-corrected chi connectivity index (χ2v) is 4.78. The summed E-state index contributed by atoms with van der Waals surface area (Å²) >= 11 is 1.44. The first-order chi connectivity index (χ1) is 8.69. The molecule has 0 unspecified atom stereocenters. The Labute approximate surface area is 108 Å². The van der Waals surface area contributed by atoms with E-state index in [9.17, 15) is 4.79 Å². The summed E-state index contributed by atoms with van der Waals surface area (Å²) in [5, 5.41) is 20.6. The molecule has 0 aliphatic carbocycles. The number of hydrogen-bond acceptors (Lipinski definition) is 4. The Bertz CT molecular complexity index is 596. The van der Waals surface area contributed by atoms with E-state index >= 15 is 0 Å². The van der Waals surface area contributed by atoms with E-state index in [4.69, 9.17) is 10.4 Å². The summed E-state index contributed by atoms with van der Waals surface area (Å²) in [5.41, 5.74) is 1.12. The van der Waals surface area contributed by atoms with Gasteiger partial charge in [-0.1, -0.05) is 0 Å². The minimum absolute atomic E-state index is 0.267. The molecule has 1 aromatic carbocycles. The van der Waals surface area contributed by atoms with E-state index in [1.54, 1.807) is 30.3 Å². The van der Waals surface area contributed by atoms with Crippen LogP contribution in [0.2, 0.25) is 0 Å². The molecule has 5 heteroatoms. The zero-order valence-electron chi connectivity index (χ0n) is 9.38. The maximum atomic E-state index is 10.7. The molecule has 2 rings (SSSR count). The van der Waals surface area contributed by atoms with Crippen LogP contribution in [-0.2, 0) is 6.54 Å². The van der Waals surface area contributed by atoms with Crippen LogP contribution in [0.1, 0.15) is 20.1 Å². The highest BCUT2D eigenvalue weighted by molar-refractivity contribution is 7.12. The smallest absolute Gasteiger partial charge is 0.335 e. The van der Waals surface area contributed by atoms with Crippen molar-refractivity contribution in [3.05, 3.63) is 51.7 Å². The monoisotopic (exact) mass is 258 g/mol. The van der Waals surface area contributed by atoms with Gasteiger partial charge in [-0.25, -0.2) is 4.79 Å². The van der Waals surface area contributed by atoms with Crippen LogP contribution in [-0.4, -0.2) is 11.1 Å². The Hall–Kier alpha value is -2.32. The summed E-state index contributed by atoms with van der Waals surface area (Å²) in [5.74, 6) is -0.932. The van der Waals surface area contributed by atoms with Crippen molar-refractivity contribution >= 4 is 23.0 Å². The van der Waals surface area contributed by atoms with E-state index in [0.717, 1.165) is 10.6 Å². The van der Waals surface area contributed by atoms with Gasteiger partial charge in [0, 0.05) is 17.1 Å². The second kappa shape index (κ2) is 5.34. The Morgan fingerprint density at radius 1 is 1.28 bits per heavy atom. The zero-order chi connectivity index (χ0) is 13.0. The number of hydrogen-bond donors (Lipinski definition) is 2. The van der Waals surface area contributed by atoms with E-state index in [0.29, 0.717) is 11.4 Å². The number of benzene rings is 1. The van der Waals surface area contributed by atoms with Crippen molar-refractivity contribution in [1.29, 1.82) is 5.26 Å². The molecule has 1 aromatic heterocycles. The van der Waals surface area contributed by atoms with Gasteiger partial charge >= 0.3 is 5.97 Å². The van der Waals surface area contributed by atoms with Crippen LogP contribution < -0.4 is 5.32 Å². The number of nitriles is 1. The van der Waals surface area contributed by atoms with Gasteiger partial charge in [-0.05, 0) is 36.4 Å². The second-order valence-electron chi connectivity index (χ2n) is 3.61. The molecule has 0 radical (unpaired) electrons. The first kappa shape index (κ1) is 12.1. The molecule has 0 aliphatic rings. The molecule has 0 bridgehead atoms. The molecular weight excluding hydrogens is 248 g/mol. The molecule has 1 heterocycles. The van der Waals surface area contributed by atoms with Gasteiger partial charge in [-0.3, -0.25) is 0 Å². The first-order valence-electron chi connectivity index (χ1n) is 5.25. The highest BCUT2D eigenvalue weighted by Crippen LogP contribution is 2.17. The van der Waals surface area contributed by atoms with Gasteiger partial charge in [-0.15, -0.1) is 11.3 Å². The highest BCUT2D eigenvalue weighted by atomic mass is 32.1. The molecule has 0 spiro atoms. The quantitative estimate of drug-likeness (QED) is 0.884. The first-order valence-corrected chi connectivity index (χ1v) is 6.07. The van der Waals surface area contributed by atoms with Gasteiger partial charge in [0.15, 0.2) is 0 Å². The molecule has 0 atom stereocenters. The minimum Gasteiger partial charge on any atom is -0.478 e. The fourth-order valence-corrected chi connectivity index (χ4v) is 2.20. The molecule has 0 aliphatic heterocycles. The van der Waals surface area contributed by atoms with Crippen molar-refractivity contribution in [3.63, 3.8) is 0 Å². The number of aromatic carboxylic acids is 1. The molecule has 2 N–H and O–H groups in total. The average molecular weight is 258 g/mol. The van der Waals surface area contributed by atoms with E-state index in [2.05, 4.69) is 11.4 Å². The summed E-state index contributed by atoms with van der Waals surface area (Å²) in [6, 6.07) is 12.3. The SMILES string of the molecule is N#Cc1ccc(CNc2ccc(C(=O)O)cc2)s1. The van der Waals surface area contributed by atoms with Gasteiger partial charge in [0.1, 0.15) is 10.9 Å². The van der Waals surface area contributed by atoms with Gasteiger partial charge in [0.05, 0.1) is 5.56 Å². The zero-order valence-corrected chi connectivity index (χ0v) is 10.2. The van der Waals surface area contributed by atoms with Gasteiger partial charge in [0.2, 0.25) is 0 Å². The third kappa shape index (κ3) is 2.87. The van der Waals surface area contributed by atoms with Crippen molar-refractivity contribution in [1.82, 2.24) is 0 Å². The maximum Gasteiger partial charge on any atom is 0.335 e. The fraction of sp³-hybridized carbons (Fsp3) is 0.0769. The molecule has 0 amide bonds. The number of carbonyl (C=O) groups is 1. The van der Waals surface area contributed by atoms with Gasteiger partial charge in [0.25, 0.3) is 0 Å². The van der Waals surface area contributed by atoms with Crippen molar-refractivity contribution in [3.8, 4) is 6.07 Å². The van der Waals surface area contributed by atoms with Crippen LogP contribution in [0.5, 0.6) is 0 Å². The topological polar surface area (TPSA) is 73.1 Å². The van der Waals surface area contributed by atoms with Crippen LogP contribution >= 0.6 is 11.3 Å². The summed E-state index contributed by atoms with van der Waals surface area (Å²) in [6.45, 7) is 0.624. The van der Waals surface area contributed by atoms with Crippen molar-refractivity contribution in [2.45, 2.75) is 6.54 Å². The predicted octanol–water partition coefficient (Wildman–Crippen LogP) is 2.93. The van der Waals surface area contributed by atoms with Crippen LogP contribution in [0.25, 0.3) is 0 Å². The number of nitrogens with one attached hydrogen (secondary N) is 1. The summed E-state index contributed by atoms with van der Waals surface area (Å²) in [7, 11) is 0. The molecule has 90 valence electrons. The Morgan fingerprint density at radius 3 is 2.56 bits per heavy atom. The molecule has 0 saturated carbocycles. The number of carboxylic acid groups (broad SMARTS) is 1. The lowest BCUT2D eigenvalue weighted by molar-refractivity contribution is 0.0697. The lowest BCUT2D eigenvalue weighted by Gasteiger charge is -2.04. The largest absolute Gasteiger partial charge is 0.478 e. The molecule has 18 heavy (non-hydrogen) atoms. The lowest BCUT2D eigenvalue weighted by atomic mass is 10.2. The van der Waals surface area contributed by atoms with E-state index in [-0.39, 0.29) is 5.56 Å². The number of anilines is 1.